The minimum Gasteiger partial charge on any atom is -0.506 e. The number of benzene rings is 1. The van der Waals surface area contributed by atoms with Gasteiger partial charge in [0.15, 0.2) is 0 Å². The van der Waals surface area contributed by atoms with Gasteiger partial charge >= 0.3 is 0 Å². The van der Waals surface area contributed by atoms with Crippen LogP contribution in [0.15, 0.2) is 22.4 Å². The van der Waals surface area contributed by atoms with Gasteiger partial charge in [-0.25, -0.2) is 0 Å². The number of thiophene rings is 1. The van der Waals surface area contributed by atoms with Crippen molar-refractivity contribution in [1.82, 2.24) is 0 Å². The van der Waals surface area contributed by atoms with Crippen LogP contribution < -0.4 is 0 Å². The van der Waals surface area contributed by atoms with E-state index in [9.17, 15) is 10.2 Å². The fourth-order valence-corrected chi connectivity index (χ4v) is 2.94. The van der Waals surface area contributed by atoms with Crippen LogP contribution in [-0.2, 0) is 6.61 Å². The third kappa shape index (κ3) is 1.39. The maximum absolute atomic E-state index is 9.83. The predicted octanol–water partition coefficient (Wildman–Crippen LogP) is 2.82. The summed E-state index contributed by atoms with van der Waals surface area (Å²) >= 11 is 3.11. The molecule has 0 aliphatic rings. The Bertz CT molecular complexity index is 462. The third-order valence-corrected chi connectivity index (χ3v) is 3.79. The van der Waals surface area contributed by atoms with Crippen LogP contribution in [0.3, 0.4) is 0 Å². The van der Waals surface area contributed by atoms with Gasteiger partial charge in [-0.2, -0.15) is 0 Å². The first-order chi connectivity index (χ1) is 6.77. The smallest absolute Gasteiger partial charge is 0.135 e. The van der Waals surface area contributed by atoms with E-state index in [2.05, 4.69) is 0 Å². The molecule has 0 amide bonds. The Morgan fingerprint density at radius 2 is 2.29 bits per heavy atom. The summed E-state index contributed by atoms with van der Waals surface area (Å²) in [5.74, 6) is 0.214. The van der Waals surface area contributed by atoms with E-state index in [0.29, 0.717) is 5.56 Å². The van der Waals surface area contributed by atoms with E-state index in [4.69, 9.17) is 0 Å². The number of rotatable bonds is 2. The summed E-state index contributed by atoms with van der Waals surface area (Å²) in [4.78, 5) is 0.823. The van der Waals surface area contributed by atoms with Crippen LogP contribution in [0.4, 0.5) is 0 Å². The molecular weight excluding hydrogens is 216 g/mol. The van der Waals surface area contributed by atoms with Gasteiger partial charge in [-0.1, -0.05) is 0 Å². The highest BCUT2D eigenvalue weighted by Gasteiger charge is 2.11. The van der Waals surface area contributed by atoms with Crippen molar-refractivity contribution >= 4 is 33.2 Å². The predicted molar refractivity (Wildman–Crippen MR) is 61.2 cm³/mol. The topological polar surface area (TPSA) is 40.5 Å². The number of fused-ring (bicyclic) bond motifs is 1. The number of aliphatic hydroxyl groups excluding tert-OH is 1. The van der Waals surface area contributed by atoms with Crippen LogP contribution in [0, 0.1) is 0 Å². The lowest BCUT2D eigenvalue weighted by Gasteiger charge is -2.07. The Kier molecular flexibility index (Phi) is 2.67. The van der Waals surface area contributed by atoms with E-state index in [1.165, 1.54) is 11.8 Å². The van der Waals surface area contributed by atoms with Crippen molar-refractivity contribution in [3.8, 4) is 5.75 Å². The highest BCUT2D eigenvalue weighted by atomic mass is 32.2. The van der Waals surface area contributed by atoms with Crippen LogP contribution in [0.1, 0.15) is 5.56 Å². The first-order valence-electron chi connectivity index (χ1n) is 4.14. The molecule has 0 spiro atoms. The number of hydrogen-bond donors (Lipinski definition) is 2. The van der Waals surface area contributed by atoms with Crippen LogP contribution in [0.2, 0.25) is 0 Å². The molecule has 0 fully saturated rings. The molecule has 0 unspecified atom stereocenters. The Hall–Kier alpha value is -0.710. The first-order valence-corrected chi connectivity index (χ1v) is 6.25. The Morgan fingerprint density at radius 1 is 1.50 bits per heavy atom. The van der Waals surface area contributed by atoms with Crippen LogP contribution >= 0.6 is 23.1 Å². The summed E-state index contributed by atoms with van der Waals surface area (Å²) in [7, 11) is 0. The van der Waals surface area contributed by atoms with Crippen molar-refractivity contribution in [3.63, 3.8) is 0 Å². The quantitative estimate of drug-likeness (QED) is 0.774. The Morgan fingerprint density at radius 3 is 2.93 bits per heavy atom. The van der Waals surface area contributed by atoms with E-state index < -0.39 is 0 Å². The zero-order valence-electron chi connectivity index (χ0n) is 7.65. The molecule has 0 bridgehead atoms. The summed E-state index contributed by atoms with van der Waals surface area (Å²) < 4.78 is 1.11. The zero-order chi connectivity index (χ0) is 10.1. The highest BCUT2D eigenvalue weighted by molar-refractivity contribution is 7.98. The van der Waals surface area contributed by atoms with Crippen molar-refractivity contribution in [2.45, 2.75) is 11.5 Å². The van der Waals surface area contributed by atoms with E-state index in [1.54, 1.807) is 11.3 Å². The molecule has 0 atom stereocenters. The lowest BCUT2D eigenvalue weighted by molar-refractivity contribution is 0.276. The molecule has 0 saturated heterocycles. The summed E-state index contributed by atoms with van der Waals surface area (Å²) in [5, 5.41) is 21.9. The highest BCUT2D eigenvalue weighted by Crippen LogP contribution is 2.38. The molecule has 0 saturated carbocycles. The monoisotopic (exact) mass is 226 g/mol. The second-order valence-electron chi connectivity index (χ2n) is 2.90. The summed E-state index contributed by atoms with van der Waals surface area (Å²) in [6.45, 7) is -0.118. The maximum Gasteiger partial charge on any atom is 0.135 e. The molecule has 2 N–H and O–H groups in total. The van der Waals surface area contributed by atoms with Crippen molar-refractivity contribution in [2.24, 2.45) is 0 Å². The fraction of sp³-hybridized carbons (Fsp3) is 0.200. The molecule has 2 rings (SSSR count). The molecule has 0 aliphatic carbocycles. The summed E-state index contributed by atoms with van der Waals surface area (Å²) in [6.07, 6.45) is 1.91. The van der Waals surface area contributed by atoms with E-state index in [0.717, 1.165) is 15.0 Å². The van der Waals surface area contributed by atoms with Gasteiger partial charge in [0.25, 0.3) is 0 Å². The number of hydrogen-bond acceptors (Lipinski definition) is 4. The second kappa shape index (κ2) is 3.81. The zero-order valence-corrected chi connectivity index (χ0v) is 9.28. The van der Waals surface area contributed by atoms with Crippen molar-refractivity contribution in [3.05, 3.63) is 23.1 Å². The summed E-state index contributed by atoms with van der Waals surface area (Å²) in [6, 6.07) is 3.88. The molecule has 1 aromatic heterocycles. The molecule has 1 heterocycles. The van der Waals surface area contributed by atoms with Crippen molar-refractivity contribution in [1.29, 1.82) is 0 Å². The minimum atomic E-state index is -0.118. The molecule has 1 aromatic carbocycles. The normalized spacial score (nSPS) is 11.0. The van der Waals surface area contributed by atoms with Gasteiger partial charge < -0.3 is 10.2 Å². The average Bonchev–Trinajstić information content (AvgIpc) is 2.64. The second-order valence-corrected chi connectivity index (χ2v) is 4.69. The Balaban J connectivity index is 2.80. The largest absolute Gasteiger partial charge is 0.506 e. The third-order valence-electron chi connectivity index (χ3n) is 2.18. The van der Waals surface area contributed by atoms with Gasteiger partial charge in [-0.15, -0.1) is 23.1 Å². The van der Waals surface area contributed by atoms with Gasteiger partial charge in [0.05, 0.1) is 11.5 Å². The lowest BCUT2D eigenvalue weighted by Crippen LogP contribution is -1.87. The minimum absolute atomic E-state index is 0.118. The molecule has 74 valence electrons. The summed E-state index contributed by atoms with van der Waals surface area (Å²) in [5.41, 5.74) is 0.633. The number of phenols is 1. The van der Waals surface area contributed by atoms with E-state index in [1.807, 2.05) is 23.8 Å². The SMILES string of the molecule is CSc1cc2sccc2c(CO)c1O. The fourth-order valence-electron chi connectivity index (χ4n) is 1.46. The van der Waals surface area contributed by atoms with Crippen LogP contribution in [-0.4, -0.2) is 16.5 Å². The Labute approximate surface area is 90.2 Å². The van der Waals surface area contributed by atoms with Gasteiger partial charge in [-0.05, 0) is 23.8 Å². The van der Waals surface area contributed by atoms with Gasteiger partial charge in [0, 0.05) is 15.6 Å². The number of aliphatic hydroxyl groups is 1. The molecule has 2 aromatic rings. The van der Waals surface area contributed by atoms with Crippen LogP contribution in [0.25, 0.3) is 10.1 Å². The molecule has 2 nitrogen and oxygen atoms in total. The van der Waals surface area contributed by atoms with Crippen molar-refractivity contribution < 1.29 is 10.2 Å². The molecule has 0 radical (unpaired) electrons. The number of thioether (sulfide) groups is 1. The lowest BCUT2D eigenvalue weighted by atomic mass is 10.1. The molecular formula is C10H10O2S2. The maximum atomic E-state index is 9.83. The average molecular weight is 226 g/mol. The van der Waals surface area contributed by atoms with Gasteiger partial charge in [-0.3, -0.25) is 0 Å². The van der Waals surface area contributed by atoms with Crippen molar-refractivity contribution in [2.75, 3.05) is 6.26 Å². The first kappa shape index (κ1) is 9.83. The van der Waals surface area contributed by atoms with E-state index >= 15 is 0 Å². The molecule has 4 heteroatoms. The van der Waals surface area contributed by atoms with Crippen LogP contribution in [0.5, 0.6) is 5.75 Å². The molecule has 0 aliphatic heterocycles. The van der Waals surface area contributed by atoms with E-state index in [-0.39, 0.29) is 12.4 Å². The molecule has 14 heavy (non-hydrogen) atoms. The van der Waals surface area contributed by atoms with Gasteiger partial charge in [0.1, 0.15) is 5.75 Å². The number of aromatic hydroxyl groups is 1. The van der Waals surface area contributed by atoms with Gasteiger partial charge in [0.2, 0.25) is 0 Å². The standard InChI is InChI=1S/C10H10O2S2/c1-13-9-4-8-6(2-3-14-8)7(5-11)10(9)12/h2-4,11-12H,5H2,1H3.